The molecule has 0 heterocycles. The normalized spacial score (nSPS) is 9.62. The van der Waals surface area contributed by atoms with E-state index in [1.807, 2.05) is 6.92 Å². The predicted molar refractivity (Wildman–Crippen MR) is 77.5 cm³/mol. The zero-order valence-electron chi connectivity index (χ0n) is 11.8. The molecule has 0 aromatic heterocycles. The standard InChI is InChI=1S/C15H18N2O4/c1-11-9-13(5-4-12(11)3-2-7-18)15(20)17-6-8-21-10-14(16)19/h4-5,9,18H,6-8,10H2,1H3,(H2,16,19)(H,17,20). The number of hydrogen-bond donors (Lipinski definition) is 3. The summed E-state index contributed by atoms with van der Waals surface area (Å²) < 4.78 is 4.94. The Labute approximate surface area is 123 Å². The number of primary amides is 1. The van der Waals surface area contributed by atoms with Crippen LogP contribution in [0.3, 0.4) is 0 Å². The molecule has 2 amide bonds. The van der Waals surface area contributed by atoms with Gasteiger partial charge in [-0.15, -0.1) is 0 Å². The zero-order chi connectivity index (χ0) is 15.7. The Morgan fingerprint density at radius 1 is 1.43 bits per heavy atom. The van der Waals surface area contributed by atoms with E-state index in [4.69, 9.17) is 15.6 Å². The number of hydrogen-bond acceptors (Lipinski definition) is 4. The van der Waals surface area contributed by atoms with E-state index in [0.29, 0.717) is 5.56 Å². The fraction of sp³-hybridized carbons (Fsp3) is 0.333. The molecular formula is C15H18N2O4. The van der Waals surface area contributed by atoms with Crippen LogP contribution in [0.15, 0.2) is 18.2 Å². The van der Waals surface area contributed by atoms with Gasteiger partial charge in [-0.05, 0) is 30.7 Å². The summed E-state index contributed by atoms with van der Waals surface area (Å²) in [6, 6.07) is 5.12. The molecule has 0 aliphatic heterocycles. The molecule has 0 atom stereocenters. The second-order valence-electron chi connectivity index (χ2n) is 4.26. The van der Waals surface area contributed by atoms with Crippen molar-refractivity contribution in [1.29, 1.82) is 0 Å². The molecule has 21 heavy (non-hydrogen) atoms. The van der Waals surface area contributed by atoms with Gasteiger partial charge in [-0.3, -0.25) is 9.59 Å². The number of rotatable bonds is 6. The molecule has 0 aliphatic rings. The molecule has 6 nitrogen and oxygen atoms in total. The van der Waals surface area contributed by atoms with E-state index in [1.165, 1.54) is 0 Å². The molecule has 1 aromatic carbocycles. The van der Waals surface area contributed by atoms with Crippen molar-refractivity contribution in [2.45, 2.75) is 6.92 Å². The Morgan fingerprint density at radius 3 is 2.81 bits per heavy atom. The lowest BCUT2D eigenvalue weighted by Gasteiger charge is -2.07. The molecule has 0 aliphatic carbocycles. The highest BCUT2D eigenvalue weighted by molar-refractivity contribution is 5.94. The number of aryl methyl sites for hydroxylation is 1. The minimum atomic E-state index is -0.545. The van der Waals surface area contributed by atoms with Crippen molar-refractivity contribution in [2.75, 3.05) is 26.4 Å². The van der Waals surface area contributed by atoms with Crippen LogP contribution in [-0.2, 0) is 9.53 Å². The molecule has 1 aromatic rings. The van der Waals surface area contributed by atoms with Gasteiger partial charge in [0.05, 0.1) is 6.61 Å². The highest BCUT2D eigenvalue weighted by Gasteiger charge is 2.06. The van der Waals surface area contributed by atoms with E-state index in [2.05, 4.69) is 17.2 Å². The van der Waals surface area contributed by atoms with Gasteiger partial charge in [0.15, 0.2) is 0 Å². The van der Waals surface area contributed by atoms with Crippen molar-refractivity contribution in [3.8, 4) is 11.8 Å². The fourth-order valence-electron chi connectivity index (χ4n) is 1.59. The van der Waals surface area contributed by atoms with E-state index >= 15 is 0 Å². The smallest absolute Gasteiger partial charge is 0.251 e. The van der Waals surface area contributed by atoms with Crippen molar-refractivity contribution >= 4 is 11.8 Å². The fourth-order valence-corrected chi connectivity index (χ4v) is 1.59. The summed E-state index contributed by atoms with van der Waals surface area (Å²) in [5.74, 6) is 4.59. The van der Waals surface area contributed by atoms with Gasteiger partial charge in [-0.25, -0.2) is 0 Å². The van der Waals surface area contributed by atoms with E-state index in [9.17, 15) is 9.59 Å². The molecule has 0 saturated heterocycles. The molecule has 0 unspecified atom stereocenters. The van der Waals surface area contributed by atoms with Gasteiger partial charge >= 0.3 is 0 Å². The molecule has 0 radical (unpaired) electrons. The van der Waals surface area contributed by atoms with Crippen molar-refractivity contribution in [3.05, 3.63) is 34.9 Å². The first-order valence-corrected chi connectivity index (χ1v) is 6.39. The van der Waals surface area contributed by atoms with Crippen LogP contribution in [0.4, 0.5) is 0 Å². The molecule has 112 valence electrons. The summed E-state index contributed by atoms with van der Waals surface area (Å²) in [5.41, 5.74) is 7.05. The third kappa shape index (κ3) is 6.08. The van der Waals surface area contributed by atoms with Crippen LogP contribution in [0.5, 0.6) is 0 Å². The highest BCUT2D eigenvalue weighted by Crippen LogP contribution is 2.10. The minimum absolute atomic E-state index is 0.160. The monoisotopic (exact) mass is 290 g/mol. The summed E-state index contributed by atoms with van der Waals surface area (Å²) in [6.45, 7) is 1.99. The second-order valence-corrected chi connectivity index (χ2v) is 4.26. The summed E-state index contributed by atoms with van der Waals surface area (Å²) in [6.07, 6.45) is 0. The number of ether oxygens (including phenoxy) is 1. The molecule has 0 bridgehead atoms. The molecular weight excluding hydrogens is 272 g/mol. The predicted octanol–water partition coefficient (Wildman–Crippen LogP) is -0.429. The van der Waals surface area contributed by atoms with Crippen molar-refractivity contribution in [1.82, 2.24) is 5.32 Å². The largest absolute Gasteiger partial charge is 0.384 e. The number of benzene rings is 1. The minimum Gasteiger partial charge on any atom is -0.384 e. The first-order chi connectivity index (χ1) is 10.0. The van der Waals surface area contributed by atoms with E-state index in [1.54, 1.807) is 18.2 Å². The number of carbonyl (C=O) groups excluding carboxylic acids is 2. The lowest BCUT2D eigenvalue weighted by Crippen LogP contribution is -2.28. The van der Waals surface area contributed by atoms with E-state index < -0.39 is 5.91 Å². The molecule has 6 heteroatoms. The number of amides is 2. The average Bonchev–Trinajstić information content (AvgIpc) is 2.45. The Kier molecular flexibility index (Phi) is 6.95. The Bertz CT molecular complexity index is 573. The Balaban J connectivity index is 2.51. The first-order valence-electron chi connectivity index (χ1n) is 6.39. The highest BCUT2D eigenvalue weighted by atomic mass is 16.5. The number of aliphatic hydroxyl groups excluding tert-OH is 1. The van der Waals surface area contributed by atoms with E-state index in [-0.39, 0.29) is 32.3 Å². The summed E-state index contributed by atoms with van der Waals surface area (Å²) in [4.78, 5) is 22.3. The van der Waals surface area contributed by atoms with Gasteiger partial charge in [-0.1, -0.05) is 11.8 Å². The van der Waals surface area contributed by atoms with Crippen molar-refractivity contribution in [3.63, 3.8) is 0 Å². The first kappa shape index (κ1) is 16.7. The van der Waals surface area contributed by atoms with Crippen LogP contribution in [0.25, 0.3) is 0 Å². The number of nitrogens with two attached hydrogens (primary N) is 1. The second kappa shape index (κ2) is 8.74. The third-order valence-corrected chi connectivity index (χ3v) is 2.57. The number of aliphatic hydroxyl groups is 1. The van der Waals surface area contributed by atoms with Gasteiger partial charge in [0.2, 0.25) is 5.91 Å². The van der Waals surface area contributed by atoms with Gasteiger partial charge in [0, 0.05) is 17.7 Å². The maximum absolute atomic E-state index is 11.9. The lowest BCUT2D eigenvalue weighted by molar-refractivity contribution is -0.122. The summed E-state index contributed by atoms with van der Waals surface area (Å²) in [5, 5.41) is 11.3. The van der Waals surface area contributed by atoms with Crippen molar-refractivity contribution < 1.29 is 19.4 Å². The number of carbonyl (C=O) groups is 2. The van der Waals surface area contributed by atoms with Crippen LogP contribution in [0.2, 0.25) is 0 Å². The molecule has 0 fully saturated rings. The summed E-state index contributed by atoms with van der Waals surface area (Å²) >= 11 is 0. The van der Waals surface area contributed by atoms with Crippen LogP contribution in [0.1, 0.15) is 21.5 Å². The Morgan fingerprint density at radius 2 is 2.19 bits per heavy atom. The van der Waals surface area contributed by atoms with E-state index in [0.717, 1.165) is 11.1 Å². The SMILES string of the molecule is Cc1cc(C(=O)NCCOCC(N)=O)ccc1C#CCO. The van der Waals surface area contributed by atoms with Crippen LogP contribution in [-0.4, -0.2) is 43.3 Å². The maximum Gasteiger partial charge on any atom is 0.251 e. The topological polar surface area (TPSA) is 102 Å². The zero-order valence-corrected chi connectivity index (χ0v) is 11.8. The molecule has 1 rings (SSSR count). The quantitative estimate of drug-likeness (QED) is 0.489. The van der Waals surface area contributed by atoms with Crippen molar-refractivity contribution in [2.24, 2.45) is 5.73 Å². The van der Waals surface area contributed by atoms with Crippen LogP contribution in [0, 0.1) is 18.8 Å². The molecule has 0 spiro atoms. The van der Waals surface area contributed by atoms with Gasteiger partial charge < -0.3 is 20.9 Å². The van der Waals surface area contributed by atoms with Gasteiger partial charge in [-0.2, -0.15) is 0 Å². The van der Waals surface area contributed by atoms with Gasteiger partial charge in [0.1, 0.15) is 13.2 Å². The average molecular weight is 290 g/mol. The molecule has 4 N–H and O–H groups in total. The Hall–Kier alpha value is -2.36. The summed E-state index contributed by atoms with van der Waals surface area (Å²) in [7, 11) is 0. The molecule has 0 saturated carbocycles. The third-order valence-electron chi connectivity index (χ3n) is 2.57. The van der Waals surface area contributed by atoms with Crippen LogP contribution >= 0.6 is 0 Å². The number of nitrogens with one attached hydrogen (secondary N) is 1. The maximum atomic E-state index is 11.9. The van der Waals surface area contributed by atoms with Crippen LogP contribution < -0.4 is 11.1 Å². The lowest BCUT2D eigenvalue weighted by atomic mass is 10.0. The van der Waals surface area contributed by atoms with Gasteiger partial charge in [0.25, 0.3) is 5.91 Å².